The van der Waals surface area contributed by atoms with Gasteiger partial charge in [0.2, 0.25) is 0 Å². The molecule has 1 fully saturated rings. The SMILES string of the molecule is CC(C)c1ccc(-c2cnc(C3CCNCC3)n2C)cc1. The van der Waals surface area contributed by atoms with Gasteiger partial charge in [-0.15, -0.1) is 0 Å². The molecule has 2 aromatic rings. The van der Waals surface area contributed by atoms with Crippen molar-refractivity contribution in [2.24, 2.45) is 7.05 Å². The van der Waals surface area contributed by atoms with Gasteiger partial charge in [-0.2, -0.15) is 0 Å². The van der Waals surface area contributed by atoms with Crippen LogP contribution in [0.1, 0.15) is 49.9 Å². The van der Waals surface area contributed by atoms with E-state index in [9.17, 15) is 0 Å². The Bertz CT molecular complexity index is 589. The van der Waals surface area contributed by atoms with Gasteiger partial charge >= 0.3 is 0 Å². The average molecular weight is 283 g/mol. The molecule has 1 aliphatic heterocycles. The highest BCUT2D eigenvalue weighted by atomic mass is 15.1. The molecule has 0 saturated carbocycles. The first-order valence-corrected chi connectivity index (χ1v) is 7.99. The molecular formula is C18H25N3. The van der Waals surface area contributed by atoms with Gasteiger partial charge in [0.05, 0.1) is 11.9 Å². The van der Waals surface area contributed by atoms with Crippen molar-refractivity contribution in [2.75, 3.05) is 13.1 Å². The molecule has 0 amide bonds. The van der Waals surface area contributed by atoms with E-state index in [0.29, 0.717) is 11.8 Å². The molecule has 0 spiro atoms. The third kappa shape index (κ3) is 2.88. The Morgan fingerprint density at radius 2 is 1.81 bits per heavy atom. The van der Waals surface area contributed by atoms with E-state index in [1.165, 1.54) is 35.5 Å². The third-order valence-electron chi connectivity index (χ3n) is 4.60. The number of nitrogens with one attached hydrogen (secondary N) is 1. The highest BCUT2D eigenvalue weighted by Gasteiger charge is 2.20. The lowest BCUT2D eigenvalue weighted by Crippen LogP contribution is -2.27. The molecular weight excluding hydrogens is 258 g/mol. The number of rotatable bonds is 3. The van der Waals surface area contributed by atoms with Crippen molar-refractivity contribution in [3.63, 3.8) is 0 Å². The molecule has 112 valence electrons. The van der Waals surface area contributed by atoms with Crippen molar-refractivity contribution in [1.29, 1.82) is 0 Å². The van der Waals surface area contributed by atoms with E-state index in [-0.39, 0.29) is 0 Å². The molecule has 21 heavy (non-hydrogen) atoms. The summed E-state index contributed by atoms with van der Waals surface area (Å²) in [7, 11) is 2.15. The lowest BCUT2D eigenvalue weighted by Gasteiger charge is -2.22. The molecule has 1 aromatic carbocycles. The monoisotopic (exact) mass is 283 g/mol. The lowest BCUT2D eigenvalue weighted by molar-refractivity contribution is 0.437. The van der Waals surface area contributed by atoms with Gasteiger partial charge in [0, 0.05) is 13.0 Å². The fourth-order valence-corrected chi connectivity index (χ4v) is 3.19. The minimum atomic E-state index is 0.580. The second kappa shape index (κ2) is 6.02. The Hall–Kier alpha value is -1.61. The van der Waals surface area contributed by atoms with Gasteiger partial charge in [0.25, 0.3) is 0 Å². The molecule has 0 bridgehead atoms. The topological polar surface area (TPSA) is 29.9 Å². The van der Waals surface area contributed by atoms with Gasteiger partial charge in [0.15, 0.2) is 0 Å². The number of benzene rings is 1. The van der Waals surface area contributed by atoms with E-state index in [4.69, 9.17) is 4.98 Å². The Balaban J connectivity index is 1.87. The molecule has 3 rings (SSSR count). The highest BCUT2D eigenvalue weighted by molar-refractivity contribution is 5.60. The average Bonchev–Trinajstić information content (AvgIpc) is 2.90. The highest BCUT2D eigenvalue weighted by Crippen LogP contribution is 2.28. The summed E-state index contributed by atoms with van der Waals surface area (Å²) in [5.41, 5.74) is 3.87. The van der Waals surface area contributed by atoms with Crippen LogP contribution in [0.25, 0.3) is 11.3 Å². The van der Waals surface area contributed by atoms with Crippen LogP contribution in [0.15, 0.2) is 30.5 Å². The normalized spacial score (nSPS) is 16.6. The van der Waals surface area contributed by atoms with Crippen molar-refractivity contribution >= 4 is 0 Å². The maximum atomic E-state index is 4.71. The first kappa shape index (κ1) is 14.3. The summed E-state index contributed by atoms with van der Waals surface area (Å²) >= 11 is 0. The molecule has 1 aliphatic rings. The second-order valence-electron chi connectivity index (χ2n) is 6.36. The summed E-state index contributed by atoms with van der Waals surface area (Å²) < 4.78 is 2.28. The van der Waals surface area contributed by atoms with Crippen LogP contribution in [0.4, 0.5) is 0 Å². The Morgan fingerprint density at radius 1 is 1.14 bits per heavy atom. The number of nitrogens with zero attached hydrogens (tertiary/aromatic N) is 2. The molecule has 2 heterocycles. The van der Waals surface area contributed by atoms with Crippen LogP contribution in [0, 0.1) is 0 Å². The van der Waals surface area contributed by atoms with Crippen LogP contribution >= 0.6 is 0 Å². The maximum Gasteiger partial charge on any atom is 0.112 e. The predicted molar refractivity (Wildman–Crippen MR) is 87.6 cm³/mol. The zero-order valence-electron chi connectivity index (χ0n) is 13.3. The molecule has 1 aromatic heterocycles. The standard InChI is InChI=1S/C18H25N3/c1-13(2)14-4-6-15(7-5-14)17-12-20-18(21(17)3)16-8-10-19-11-9-16/h4-7,12-13,16,19H,8-11H2,1-3H3. The summed E-state index contributed by atoms with van der Waals surface area (Å²) in [5.74, 6) is 2.41. The van der Waals surface area contributed by atoms with Crippen LogP contribution in [-0.2, 0) is 7.05 Å². The quantitative estimate of drug-likeness (QED) is 0.931. The van der Waals surface area contributed by atoms with E-state index in [1.54, 1.807) is 0 Å². The molecule has 3 nitrogen and oxygen atoms in total. The largest absolute Gasteiger partial charge is 0.331 e. The van der Waals surface area contributed by atoms with Crippen LogP contribution in [0.2, 0.25) is 0 Å². The summed E-state index contributed by atoms with van der Waals surface area (Å²) in [6.07, 6.45) is 4.41. The minimum absolute atomic E-state index is 0.580. The Kier molecular flexibility index (Phi) is 4.11. The molecule has 1 N–H and O–H groups in total. The van der Waals surface area contributed by atoms with Crippen LogP contribution in [-0.4, -0.2) is 22.6 Å². The first-order chi connectivity index (χ1) is 10.2. The molecule has 0 aliphatic carbocycles. The molecule has 0 radical (unpaired) electrons. The van der Waals surface area contributed by atoms with E-state index in [0.717, 1.165) is 13.1 Å². The zero-order valence-corrected chi connectivity index (χ0v) is 13.3. The van der Waals surface area contributed by atoms with Crippen molar-refractivity contribution in [1.82, 2.24) is 14.9 Å². The van der Waals surface area contributed by atoms with Gasteiger partial charge < -0.3 is 9.88 Å². The summed E-state index contributed by atoms with van der Waals surface area (Å²) in [4.78, 5) is 4.71. The van der Waals surface area contributed by atoms with Gasteiger partial charge in [-0.25, -0.2) is 4.98 Å². The molecule has 3 heteroatoms. The predicted octanol–water partition coefficient (Wildman–Crippen LogP) is 3.68. The van der Waals surface area contributed by atoms with Gasteiger partial charge in [-0.1, -0.05) is 38.1 Å². The fraction of sp³-hybridized carbons (Fsp3) is 0.500. The second-order valence-corrected chi connectivity index (χ2v) is 6.36. The number of hydrogen-bond acceptors (Lipinski definition) is 2. The van der Waals surface area contributed by atoms with Crippen molar-refractivity contribution in [2.45, 2.75) is 38.5 Å². The Morgan fingerprint density at radius 3 is 2.43 bits per heavy atom. The maximum absolute atomic E-state index is 4.71. The number of imidazole rings is 1. The number of piperidine rings is 1. The first-order valence-electron chi connectivity index (χ1n) is 7.99. The Labute approximate surface area is 127 Å². The summed E-state index contributed by atoms with van der Waals surface area (Å²) in [5, 5.41) is 3.42. The van der Waals surface area contributed by atoms with E-state index < -0.39 is 0 Å². The summed E-state index contributed by atoms with van der Waals surface area (Å²) in [6.45, 7) is 6.68. The molecule has 1 saturated heterocycles. The molecule has 0 atom stereocenters. The van der Waals surface area contributed by atoms with E-state index in [1.807, 2.05) is 6.20 Å². The van der Waals surface area contributed by atoms with Crippen molar-refractivity contribution in [3.05, 3.63) is 41.9 Å². The van der Waals surface area contributed by atoms with Crippen LogP contribution in [0.5, 0.6) is 0 Å². The van der Waals surface area contributed by atoms with E-state index in [2.05, 4.69) is 55.0 Å². The fourth-order valence-electron chi connectivity index (χ4n) is 3.19. The number of hydrogen-bond donors (Lipinski definition) is 1. The van der Waals surface area contributed by atoms with Crippen LogP contribution < -0.4 is 5.32 Å². The van der Waals surface area contributed by atoms with Crippen molar-refractivity contribution < 1.29 is 0 Å². The number of aromatic nitrogens is 2. The van der Waals surface area contributed by atoms with Gasteiger partial charge in [-0.3, -0.25) is 0 Å². The summed E-state index contributed by atoms with van der Waals surface area (Å²) in [6, 6.07) is 8.91. The third-order valence-corrected chi connectivity index (χ3v) is 4.60. The van der Waals surface area contributed by atoms with Crippen molar-refractivity contribution in [3.8, 4) is 11.3 Å². The molecule has 0 unspecified atom stereocenters. The van der Waals surface area contributed by atoms with E-state index >= 15 is 0 Å². The zero-order chi connectivity index (χ0) is 14.8. The smallest absolute Gasteiger partial charge is 0.112 e. The van der Waals surface area contributed by atoms with Gasteiger partial charge in [0.1, 0.15) is 5.82 Å². The van der Waals surface area contributed by atoms with Gasteiger partial charge in [-0.05, 0) is 43.0 Å². The van der Waals surface area contributed by atoms with Crippen LogP contribution in [0.3, 0.4) is 0 Å². The minimum Gasteiger partial charge on any atom is -0.331 e. The lowest BCUT2D eigenvalue weighted by atomic mass is 9.97.